The van der Waals surface area contributed by atoms with Gasteiger partial charge in [0.25, 0.3) is 5.91 Å². The molecule has 2 rings (SSSR count). The van der Waals surface area contributed by atoms with Crippen LogP contribution < -0.4 is 5.32 Å². The summed E-state index contributed by atoms with van der Waals surface area (Å²) >= 11 is 3.33. The van der Waals surface area contributed by atoms with E-state index in [1.54, 1.807) is 24.2 Å². The standard InChI is InChI=1S/C11H14BrN3O/c1-13-10-9(5-7(12)6-14-10)11(16)15(2)8-3-4-8/h5-6,8H,3-4H2,1-2H3,(H,13,14). The molecule has 1 aromatic rings. The molecule has 1 amide bonds. The molecule has 16 heavy (non-hydrogen) atoms. The van der Waals surface area contributed by atoms with Crippen LogP contribution in [0.2, 0.25) is 0 Å². The minimum absolute atomic E-state index is 0.0284. The number of nitrogens with zero attached hydrogens (tertiary/aromatic N) is 2. The van der Waals surface area contributed by atoms with Crippen LogP contribution in [0.1, 0.15) is 23.2 Å². The summed E-state index contributed by atoms with van der Waals surface area (Å²) < 4.78 is 0.819. The maximum absolute atomic E-state index is 12.2. The van der Waals surface area contributed by atoms with E-state index in [-0.39, 0.29) is 5.91 Å². The fourth-order valence-corrected chi connectivity index (χ4v) is 1.95. The Morgan fingerprint density at radius 3 is 2.88 bits per heavy atom. The molecule has 1 fully saturated rings. The Morgan fingerprint density at radius 2 is 2.31 bits per heavy atom. The molecule has 1 aromatic heterocycles. The zero-order valence-electron chi connectivity index (χ0n) is 9.33. The van der Waals surface area contributed by atoms with Crippen LogP contribution in [-0.2, 0) is 0 Å². The number of carbonyl (C=O) groups is 1. The van der Waals surface area contributed by atoms with Crippen molar-refractivity contribution in [3.8, 4) is 0 Å². The molecule has 0 spiro atoms. The quantitative estimate of drug-likeness (QED) is 0.924. The third-order valence-corrected chi connectivity index (χ3v) is 3.17. The Bertz CT molecular complexity index is 418. The van der Waals surface area contributed by atoms with Gasteiger partial charge in [0, 0.05) is 30.8 Å². The van der Waals surface area contributed by atoms with Crippen LogP contribution in [0.5, 0.6) is 0 Å². The van der Waals surface area contributed by atoms with Crippen LogP contribution in [0.25, 0.3) is 0 Å². The number of rotatable bonds is 3. The second-order valence-corrected chi connectivity index (χ2v) is 4.86. The van der Waals surface area contributed by atoms with Crippen molar-refractivity contribution in [3.05, 3.63) is 22.3 Å². The minimum atomic E-state index is 0.0284. The molecule has 1 saturated carbocycles. The summed E-state index contributed by atoms with van der Waals surface area (Å²) in [5.74, 6) is 0.654. The SMILES string of the molecule is CNc1ncc(Br)cc1C(=O)N(C)C1CC1. The maximum Gasteiger partial charge on any atom is 0.257 e. The van der Waals surface area contributed by atoms with Crippen LogP contribution in [-0.4, -0.2) is 35.9 Å². The molecule has 86 valence electrons. The minimum Gasteiger partial charge on any atom is -0.372 e. The Hall–Kier alpha value is -1.10. The van der Waals surface area contributed by atoms with Gasteiger partial charge in [0.1, 0.15) is 5.82 Å². The predicted octanol–water partition coefficient (Wildman–Crippen LogP) is 2.12. The number of nitrogens with one attached hydrogen (secondary N) is 1. The monoisotopic (exact) mass is 283 g/mol. The first-order valence-corrected chi connectivity index (χ1v) is 6.03. The van der Waals surface area contributed by atoms with Crippen molar-refractivity contribution < 1.29 is 4.79 Å². The largest absolute Gasteiger partial charge is 0.372 e. The first-order valence-electron chi connectivity index (χ1n) is 5.24. The van der Waals surface area contributed by atoms with E-state index < -0.39 is 0 Å². The van der Waals surface area contributed by atoms with E-state index in [2.05, 4.69) is 26.2 Å². The highest BCUT2D eigenvalue weighted by molar-refractivity contribution is 9.10. The third-order valence-electron chi connectivity index (χ3n) is 2.74. The molecule has 0 bridgehead atoms. The molecule has 1 aliphatic carbocycles. The number of aromatic nitrogens is 1. The average Bonchev–Trinajstić information content (AvgIpc) is 3.11. The van der Waals surface area contributed by atoms with Gasteiger partial charge in [0.05, 0.1) is 5.56 Å². The van der Waals surface area contributed by atoms with Gasteiger partial charge in [0.2, 0.25) is 0 Å². The van der Waals surface area contributed by atoms with Crippen molar-refractivity contribution in [3.63, 3.8) is 0 Å². The van der Waals surface area contributed by atoms with E-state index in [0.29, 0.717) is 17.4 Å². The lowest BCUT2D eigenvalue weighted by atomic mass is 10.2. The van der Waals surface area contributed by atoms with E-state index in [1.165, 1.54) is 0 Å². The molecule has 0 radical (unpaired) electrons. The highest BCUT2D eigenvalue weighted by Gasteiger charge is 2.31. The molecule has 1 N–H and O–H groups in total. The van der Waals surface area contributed by atoms with Gasteiger partial charge in [0.15, 0.2) is 0 Å². The van der Waals surface area contributed by atoms with Gasteiger partial charge in [-0.25, -0.2) is 4.98 Å². The Kier molecular flexibility index (Phi) is 3.14. The normalized spacial score (nSPS) is 14.7. The molecule has 0 unspecified atom stereocenters. The van der Waals surface area contributed by atoms with Gasteiger partial charge in [-0.1, -0.05) is 0 Å². The van der Waals surface area contributed by atoms with Crippen molar-refractivity contribution in [2.45, 2.75) is 18.9 Å². The van der Waals surface area contributed by atoms with Crippen LogP contribution in [0.4, 0.5) is 5.82 Å². The van der Waals surface area contributed by atoms with Gasteiger partial charge in [-0.15, -0.1) is 0 Å². The van der Waals surface area contributed by atoms with Gasteiger partial charge in [-0.05, 0) is 34.8 Å². The van der Waals surface area contributed by atoms with E-state index >= 15 is 0 Å². The number of pyridine rings is 1. The van der Waals surface area contributed by atoms with Crippen molar-refractivity contribution in [1.29, 1.82) is 0 Å². The van der Waals surface area contributed by atoms with Crippen LogP contribution >= 0.6 is 15.9 Å². The smallest absolute Gasteiger partial charge is 0.257 e. The molecule has 1 aliphatic rings. The van der Waals surface area contributed by atoms with E-state index in [0.717, 1.165) is 17.3 Å². The van der Waals surface area contributed by atoms with Gasteiger partial charge in [-0.3, -0.25) is 4.79 Å². The fraction of sp³-hybridized carbons (Fsp3) is 0.455. The molecular weight excluding hydrogens is 270 g/mol. The molecule has 1 heterocycles. The Balaban J connectivity index is 2.30. The number of amides is 1. The van der Waals surface area contributed by atoms with Crippen molar-refractivity contribution in [2.24, 2.45) is 0 Å². The first-order chi connectivity index (χ1) is 7.63. The van der Waals surface area contributed by atoms with Crippen molar-refractivity contribution >= 4 is 27.7 Å². The summed E-state index contributed by atoms with van der Waals surface area (Å²) in [5.41, 5.74) is 0.617. The van der Waals surface area contributed by atoms with E-state index in [9.17, 15) is 4.79 Å². The molecule has 0 aliphatic heterocycles. The second-order valence-electron chi connectivity index (χ2n) is 3.95. The molecule has 0 atom stereocenters. The highest BCUT2D eigenvalue weighted by Crippen LogP contribution is 2.28. The fourth-order valence-electron chi connectivity index (χ4n) is 1.62. The van der Waals surface area contributed by atoms with Crippen LogP contribution in [0, 0.1) is 0 Å². The number of halogens is 1. The zero-order valence-corrected chi connectivity index (χ0v) is 10.9. The number of anilines is 1. The zero-order chi connectivity index (χ0) is 11.7. The summed E-state index contributed by atoms with van der Waals surface area (Å²) in [4.78, 5) is 18.2. The van der Waals surface area contributed by atoms with Gasteiger partial charge >= 0.3 is 0 Å². The summed E-state index contributed by atoms with van der Waals surface area (Å²) in [6, 6.07) is 2.22. The van der Waals surface area contributed by atoms with Crippen molar-refractivity contribution in [1.82, 2.24) is 9.88 Å². The lowest BCUT2D eigenvalue weighted by Crippen LogP contribution is -2.29. The van der Waals surface area contributed by atoms with Gasteiger partial charge < -0.3 is 10.2 Å². The summed E-state index contributed by atoms with van der Waals surface area (Å²) in [5, 5.41) is 2.94. The Labute approximate surface area is 103 Å². The molecule has 5 heteroatoms. The average molecular weight is 284 g/mol. The van der Waals surface area contributed by atoms with Crippen molar-refractivity contribution in [2.75, 3.05) is 19.4 Å². The molecule has 4 nitrogen and oxygen atoms in total. The van der Waals surface area contributed by atoms with Crippen LogP contribution in [0.15, 0.2) is 16.7 Å². The summed E-state index contributed by atoms with van der Waals surface area (Å²) in [6.45, 7) is 0. The molecule has 0 saturated heterocycles. The lowest BCUT2D eigenvalue weighted by Gasteiger charge is -2.17. The summed E-state index contributed by atoms with van der Waals surface area (Å²) in [7, 11) is 3.62. The first kappa shape index (κ1) is 11.4. The predicted molar refractivity (Wildman–Crippen MR) is 66.6 cm³/mol. The number of carbonyl (C=O) groups excluding carboxylic acids is 1. The second kappa shape index (κ2) is 4.41. The Morgan fingerprint density at radius 1 is 1.62 bits per heavy atom. The number of hydrogen-bond donors (Lipinski definition) is 1. The molecular formula is C11H14BrN3O. The van der Waals surface area contributed by atoms with Crippen LogP contribution in [0.3, 0.4) is 0 Å². The van der Waals surface area contributed by atoms with Gasteiger partial charge in [-0.2, -0.15) is 0 Å². The molecule has 0 aromatic carbocycles. The highest BCUT2D eigenvalue weighted by atomic mass is 79.9. The van der Waals surface area contributed by atoms with E-state index in [1.807, 2.05) is 7.05 Å². The summed E-state index contributed by atoms with van der Waals surface area (Å²) in [6.07, 6.45) is 3.90. The lowest BCUT2D eigenvalue weighted by molar-refractivity contribution is 0.0785. The maximum atomic E-state index is 12.2. The topological polar surface area (TPSA) is 45.2 Å². The third kappa shape index (κ3) is 2.19. The van der Waals surface area contributed by atoms with E-state index in [4.69, 9.17) is 0 Å². The number of hydrogen-bond acceptors (Lipinski definition) is 3.